The largest absolute Gasteiger partial charge is 0.476 e. The van der Waals surface area contributed by atoms with E-state index in [2.05, 4.69) is 4.98 Å². The van der Waals surface area contributed by atoms with Gasteiger partial charge in [0.1, 0.15) is 5.82 Å². The summed E-state index contributed by atoms with van der Waals surface area (Å²) in [5.41, 5.74) is 0.431. The van der Waals surface area contributed by atoms with Crippen molar-refractivity contribution in [2.45, 2.75) is 10.6 Å². The molecule has 4 nitrogen and oxygen atoms in total. The van der Waals surface area contributed by atoms with Gasteiger partial charge in [0.25, 0.3) is 0 Å². The fraction of sp³-hybridized carbons (Fsp3) is 0.0909. The number of hydrogen-bond acceptors (Lipinski definition) is 4. The Bertz CT molecular complexity index is 612. The van der Waals surface area contributed by atoms with Crippen molar-refractivity contribution in [3.8, 4) is 0 Å². The van der Waals surface area contributed by atoms with Gasteiger partial charge in [-0.1, -0.05) is 6.07 Å². The fourth-order valence-corrected chi connectivity index (χ4v) is 3.12. The predicted octanol–water partition coefficient (Wildman–Crippen LogP) is 2.29. The number of thiazole rings is 1. The monoisotopic (exact) mass is 285 g/mol. The quantitative estimate of drug-likeness (QED) is 0.936. The Kier molecular flexibility index (Phi) is 3.83. The van der Waals surface area contributed by atoms with Crippen LogP contribution in [0.3, 0.4) is 0 Å². The predicted molar refractivity (Wildman–Crippen MR) is 65.6 cm³/mol. The third-order valence-corrected chi connectivity index (χ3v) is 4.29. The second kappa shape index (κ2) is 5.36. The molecule has 0 radical (unpaired) electrons. The maximum atomic E-state index is 13.0. The minimum absolute atomic E-state index is 0.0405. The second-order valence-electron chi connectivity index (χ2n) is 3.40. The standard InChI is InChI=1S/C11H8FNO3S2/c12-7-2-1-3-9(4-7)18(16)6-8-5-17-10(13-8)11(14)15/h1-5H,6H2,(H,14,15). The van der Waals surface area contributed by atoms with Crippen molar-refractivity contribution >= 4 is 28.1 Å². The number of carbonyl (C=O) groups is 1. The summed E-state index contributed by atoms with van der Waals surface area (Å²) in [7, 11) is -1.43. The molecule has 2 aromatic rings. The second-order valence-corrected chi connectivity index (χ2v) is 5.71. The van der Waals surface area contributed by atoms with E-state index < -0.39 is 22.6 Å². The van der Waals surface area contributed by atoms with Crippen LogP contribution < -0.4 is 0 Å². The molecular weight excluding hydrogens is 277 g/mol. The summed E-state index contributed by atoms with van der Waals surface area (Å²) in [4.78, 5) is 14.8. The van der Waals surface area contributed by atoms with Gasteiger partial charge >= 0.3 is 5.97 Å². The van der Waals surface area contributed by atoms with Crippen molar-refractivity contribution in [2.75, 3.05) is 0 Å². The van der Waals surface area contributed by atoms with Crippen molar-refractivity contribution in [3.63, 3.8) is 0 Å². The van der Waals surface area contributed by atoms with Gasteiger partial charge in [0.15, 0.2) is 0 Å². The molecular formula is C11H8FNO3S2. The van der Waals surface area contributed by atoms with E-state index in [0.29, 0.717) is 10.6 Å². The minimum atomic E-state index is -1.43. The van der Waals surface area contributed by atoms with E-state index in [0.717, 1.165) is 11.3 Å². The summed E-state index contributed by atoms with van der Waals surface area (Å²) in [5, 5.41) is 10.2. The molecule has 0 aliphatic rings. The van der Waals surface area contributed by atoms with Gasteiger partial charge in [0.2, 0.25) is 5.01 Å². The van der Waals surface area contributed by atoms with Gasteiger partial charge in [-0.25, -0.2) is 14.2 Å². The lowest BCUT2D eigenvalue weighted by atomic mass is 10.4. The average molecular weight is 285 g/mol. The van der Waals surface area contributed by atoms with Crippen LogP contribution in [-0.4, -0.2) is 20.3 Å². The molecule has 1 N–H and O–H groups in total. The molecule has 1 unspecified atom stereocenters. The highest BCUT2D eigenvalue weighted by molar-refractivity contribution is 7.84. The van der Waals surface area contributed by atoms with Crippen LogP contribution in [0.5, 0.6) is 0 Å². The van der Waals surface area contributed by atoms with E-state index in [1.165, 1.54) is 18.2 Å². The highest BCUT2D eigenvalue weighted by Gasteiger charge is 2.12. The van der Waals surface area contributed by atoms with Gasteiger partial charge in [-0.3, -0.25) is 4.21 Å². The molecule has 2 rings (SSSR count). The molecule has 1 atom stereocenters. The SMILES string of the molecule is O=C(O)c1nc(CS(=O)c2cccc(F)c2)cs1. The number of hydrogen-bond donors (Lipinski definition) is 1. The Hall–Kier alpha value is -1.60. The lowest BCUT2D eigenvalue weighted by molar-refractivity contribution is 0.0696. The molecule has 0 aliphatic heterocycles. The summed E-state index contributed by atoms with van der Waals surface area (Å²) in [6, 6.07) is 5.50. The van der Waals surface area contributed by atoms with Crippen molar-refractivity contribution < 1.29 is 18.5 Å². The van der Waals surface area contributed by atoms with Crippen LogP contribution in [-0.2, 0) is 16.6 Å². The normalized spacial score (nSPS) is 12.3. The maximum absolute atomic E-state index is 13.0. The third-order valence-electron chi connectivity index (χ3n) is 2.07. The number of nitrogens with zero attached hydrogens (tertiary/aromatic N) is 1. The number of aromatic nitrogens is 1. The smallest absolute Gasteiger partial charge is 0.365 e. The Morgan fingerprint density at radius 3 is 2.89 bits per heavy atom. The zero-order valence-electron chi connectivity index (χ0n) is 9.00. The minimum Gasteiger partial charge on any atom is -0.476 e. The maximum Gasteiger partial charge on any atom is 0.365 e. The number of halogens is 1. The van der Waals surface area contributed by atoms with Crippen LogP contribution in [0.2, 0.25) is 0 Å². The van der Waals surface area contributed by atoms with E-state index in [1.807, 2.05) is 0 Å². The Morgan fingerprint density at radius 1 is 1.50 bits per heavy atom. The van der Waals surface area contributed by atoms with Crippen LogP contribution in [0.1, 0.15) is 15.5 Å². The molecule has 0 bridgehead atoms. The van der Waals surface area contributed by atoms with Crippen LogP contribution in [0.15, 0.2) is 34.5 Å². The summed E-state index contributed by atoms with van der Waals surface area (Å²) in [6.45, 7) is 0. The van der Waals surface area contributed by atoms with Crippen molar-refractivity contribution in [3.05, 3.63) is 46.2 Å². The van der Waals surface area contributed by atoms with E-state index >= 15 is 0 Å². The lowest BCUT2D eigenvalue weighted by Gasteiger charge is -1.99. The zero-order chi connectivity index (χ0) is 13.1. The first-order valence-electron chi connectivity index (χ1n) is 4.88. The lowest BCUT2D eigenvalue weighted by Crippen LogP contribution is -1.99. The van der Waals surface area contributed by atoms with Gasteiger partial charge in [-0.15, -0.1) is 11.3 Å². The topological polar surface area (TPSA) is 67.3 Å². The van der Waals surface area contributed by atoms with E-state index in [1.54, 1.807) is 11.4 Å². The first-order valence-corrected chi connectivity index (χ1v) is 7.08. The van der Waals surface area contributed by atoms with Gasteiger partial charge in [0.05, 0.1) is 22.2 Å². The molecule has 1 aromatic heterocycles. The average Bonchev–Trinajstić information content (AvgIpc) is 2.77. The summed E-state index contributed by atoms with van der Waals surface area (Å²) in [6.07, 6.45) is 0. The Morgan fingerprint density at radius 2 is 2.28 bits per heavy atom. The van der Waals surface area contributed by atoms with E-state index in [4.69, 9.17) is 5.11 Å². The van der Waals surface area contributed by atoms with Crippen LogP contribution >= 0.6 is 11.3 Å². The molecule has 18 heavy (non-hydrogen) atoms. The van der Waals surface area contributed by atoms with Crippen molar-refractivity contribution in [2.24, 2.45) is 0 Å². The van der Waals surface area contributed by atoms with Gasteiger partial charge in [-0.2, -0.15) is 0 Å². The highest BCUT2D eigenvalue weighted by Crippen LogP contribution is 2.16. The van der Waals surface area contributed by atoms with Crippen molar-refractivity contribution in [1.29, 1.82) is 0 Å². The fourth-order valence-electron chi connectivity index (χ4n) is 1.30. The van der Waals surface area contributed by atoms with Crippen LogP contribution in [0.4, 0.5) is 4.39 Å². The highest BCUT2D eigenvalue weighted by atomic mass is 32.2. The Labute approximate surface area is 109 Å². The first-order chi connectivity index (χ1) is 8.56. The number of aromatic carboxylic acids is 1. The number of carboxylic acids is 1. The van der Waals surface area contributed by atoms with Crippen molar-refractivity contribution in [1.82, 2.24) is 4.98 Å². The first kappa shape index (κ1) is 12.8. The molecule has 0 fully saturated rings. The van der Waals surface area contributed by atoms with Crippen LogP contribution in [0.25, 0.3) is 0 Å². The molecule has 1 aromatic carbocycles. The van der Waals surface area contributed by atoms with Gasteiger partial charge in [0, 0.05) is 10.3 Å². The molecule has 94 valence electrons. The van der Waals surface area contributed by atoms with Crippen LogP contribution in [0, 0.1) is 5.82 Å². The number of benzene rings is 1. The van der Waals surface area contributed by atoms with Gasteiger partial charge in [-0.05, 0) is 18.2 Å². The molecule has 0 aliphatic carbocycles. The number of rotatable bonds is 4. The van der Waals surface area contributed by atoms with E-state index in [-0.39, 0.29) is 10.8 Å². The third kappa shape index (κ3) is 2.99. The van der Waals surface area contributed by atoms with E-state index in [9.17, 15) is 13.4 Å². The molecule has 0 spiro atoms. The number of carboxylic acid groups (broad SMARTS) is 1. The molecule has 7 heteroatoms. The zero-order valence-corrected chi connectivity index (χ0v) is 10.6. The molecule has 0 saturated carbocycles. The van der Waals surface area contributed by atoms with Gasteiger partial charge < -0.3 is 5.11 Å². The molecule has 0 saturated heterocycles. The summed E-state index contributed by atoms with van der Waals surface area (Å²) < 4.78 is 24.9. The molecule has 0 amide bonds. The molecule has 1 heterocycles. The summed E-state index contributed by atoms with van der Waals surface area (Å²) in [5.74, 6) is -1.49. The Balaban J connectivity index is 2.13. The summed E-state index contributed by atoms with van der Waals surface area (Å²) >= 11 is 0.979.